The lowest BCUT2D eigenvalue weighted by molar-refractivity contribution is 0.140. The number of hydrogen-bond donors (Lipinski definition) is 1. The van der Waals surface area contributed by atoms with Gasteiger partial charge in [0.15, 0.2) is 5.82 Å². The summed E-state index contributed by atoms with van der Waals surface area (Å²) in [5.74, 6) is 0.781. The number of nitrogens with zero attached hydrogens (tertiary/aromatic N) is 6. The first kappa shape index (κ1) is 18.4. The van der Waals surface area contributed by atoms with E-state index >= 15 is 0 Å². The van der Waals surface area contributed by atoms with E-state index in [0.29, 0.717) is 30.3 Å². The maximum absolute atomic E-state index is 12.5. The number of halogens is 1. The van der Waals surface area contributed by atoms with E-state index in [9.17, 15) is 4.79 Å². The molecule has 1 aliphatic rings. The van der Waals surface area contributed by atoms with Crippen LogP contribution < -0.4 is 5.32 Å². The van der Waals surface area contributed by atoms with E-state index in [1.54, 1.807) is 21.7 Å². The molecule has 0 radical (unpaired) electrons. The van der Waals surface area contributed by atoms with Crippen LogP contribution >= 0.6 is 11.6 Å². The number of hydrogen-bond acceptors (Lipinski definition) is 5. The van der Waals surface area contributed by atoms with Crippen molar-refractivity contribution in [3.63, 3.8) is 0 Å². The third-order valence-corrected chi connectivity index (χ3v) is 4.87. The number of carbonyl (C=O) groups is 1. The third kappa shape index (κ3) is 4.29. The SMILES string of the molecule is O=C(Nc1cccc(Cl)c1)N1CCN(Cc2nnnn2-c2ccccc2)CC1. The Balaban J connectivity index is 1.33. The number of aromatic nitrogens is 4. The van der Waals surface area contributed by atoms with Crippen molar-refractivity contribution in [1.29, 1.82) is 0 Å². The molecule has 8 nitrogen and oxygen atoms in total. The Morgan fingerprint density at radius 1 is 1.04 bits per heavy atom. The fraction of sp³-hybridized carbons (Fsp3) is 0.263. The minimum Gasteiger partial charge on any atom is -0.322 e. The van der Waals surface area contributed by atoms with Gasteiger partial charge in [-0.15, -0.1) is 5.10 Å². The van der Waals surface area contributed by atoms with Crippen molar-refractivity contribution >= 4 is 23.3 Å². The van der Waals surface area contributed by atoms with Gasteiger partial charge in [-0.3, -0.25) is 4.90 Å². The highest BCUT2D eigenvalue weighted by atomic mass is 35.5. The number of carbonyl (C=O) groups excluding carboxylic acids is 1. The van der Waals surface area contributed by atoms with Crippen LogP contribution in [-0.2, 0) is 6.54 Å². The van der Waals surface area contributed by atoms with Crippen LogP contribution in [0.2, 0.25) is 5.02 Å². The summed E-state index contributed by atoms with van der Waals surface area (Å²) >= 11 is 5.97. The average Bonchev–Trinajstić information content (AvgIpc) is 3.17. The predicted octanol–water partition coefficient (Wildman–Crippen LogP) is 2.67. The lowest BCUT2D eigenvalue weighted by Gasteiger charge is -2.34. The molecule has 1 fully saturated rings. The molecule has 144 valence electrons. The lowest BCUT2D eigenvalue weighted by atomic mass is 10.3. The van der Waals surface area contributed by atoms with E-state index in [1.165, 1.54) is 0 Å². The summed E-state index contributed by atoms with van der Waals surface area (Å²) in [4.78, 5) is 16.5. The zero-order valence-electron chi connectivity index (χ0n) is 15.2. The fourth-order valence-electron chi connectivity index (χ4n) is 3.15. The number of rotatable bonds is 4. The number of nitrogens with one attached hydrogen (secondary N) is 1. The molecule has 1 aliphatic heterocycles. The van der Waals surface area contributed by atoms with E-state index in [-0.39, 0.29) is 6.03 Å². The molecule has 0 bridgehead atoms. The van der Waals surface area contributed by atoms with E-state index in [2.05, 4.69) is 25.7 Å². The molecule has 2 heterocycles. The van der Waals surface area contributed by atoms with Gasteiger partial charge < -0.3 is 10.2 Å². The molecule has 0 spiro atoms. The number of para-hydroxylation sites is 1. The Hall–Kier alpha value is -2.97. The highest BCUT2D eigenvalue weighted by molar-refractivity contribution is 6.30. The standard InChI is InChI=1S/C19H20ClN7O/c20-15-5-4-6-16(13-15)21-19(28)26-11-9-25(10-12-26)14-18-22-23-24-27(18)17-7-2-1-3-8-17/h1-8,13H,9-12,14H2,(H,21,28). The van der Waals surface area contributed by atoms with Gasteiger partial charge in [0.25, 0.3) is 0 Å². The molecule has 2 amide bonds. The van der Waals surface area contributed by atoms with Gasteiger partial charge in [0.1, 0.15) is 0 Å². The Labute approximate surface area is 167 Å². The summed E-state index contributed by atoms with van der Waals surface area (Å²) in [5.41, 5.74) is 1.63. The summed E-state index contributed by atoms with van der Waals surface area (Å²) in [5, 5.41) is 15.6. The van der Waals surface area contributed by atoms with Crippen LogP contribution in [-0.4, -0.2) is 62.2 Å². The van der Waals surface area contributed by atoms with E-state index in [1.807, 2.05) is 42.5 Å². The molecule has 3 aromatic rings. The molecule has 0 saturated carbocycles. The van der Waals surface area contributed by atoms with Crippen LogP contribution in [0.1, 0.15) is 5.82 Å². The van der Waals surface area contributed by atoms with Crippen molar-refractivity contribution in [2.45, 2.75) is 6.54 Å². The Bertz CT molecular complexity index is 938. The lowest BCUT2D eigenvalue weighted by Crippen LogP contribution is -2.49. The molecule has 1 N–H and O–H groups in total. The third-order valence-electron chi connectivity index (χ3n) is 4.64. The molecular formula is C19H20ClN7O. The van der Waals surface area contributed by atoms with E-state index in [0.717, 1.165) is 24.6 Å². The van der Waals surface area contributed by atoms with Crippen LogP contribution in [0.5, 0.6) is 0 Å². The number of tetrazole rings is 1. The van der Waals surface area contributed by atoms with Gasteiger partial charge in [0.2, 0.25) is 0 Å². The molecule has 0 unspecified atom stereocenters. The van der Waals surface area contributed by atoms with Crippen molar-refractivity contribution in [1.82, 2.24) is 30.0 Å². The minimum absolute atomic E-state index is 0.115. The molecule has 9 heteroatoms. The Morgan fingerprint density at radius 2 is 1.82 bits per heavy atom. The average molecular weight is 398 g/mol. The van der Waals surface area contributed by atoms with Crippen LogP contribution in [0.3, 0.4) is 0 Å². The highest BCUT2D eigenvalue weighted by Crippen LogP contribution is 2.16. The van der Waals surface area contributed by atoms with E-state index < -0.39 is 0 Å². The van der Waals surface area contributed by atoms with Gasteiger partial charge in [-0.25, -0.2) is 4.79 Å². The van der Waals surface area contributed by atoms with Crippen molar-refractivity contribution in [2.24, 2.45) is 0 Å². The first-order valence-corrected chi connectivity index (χ1v) is 9.43. The molecule has 0 atom stereocenters. The van der Waals surface area contributed by atoms with Crippen molar-refractivity contribution in [3.8, 4) is 5.69 Å². The number of anilines is 1. The number of benzene rings is 2. The first-order chi connectivity index (χ1) is 13.7. The summed E-state index contributed by atoms with van der Waals surface area (Å²) < 4.78 is 1.75. The highest BCUT2D eigenvalue weighted by Gasteiger charge is 2.23. The smallest absolute Gasteiger partial charge is 0.321 e. The largest absolute Gasteiger partial charge is 0.322 e. The predicted molar refractivity (Wildman–Crippen MR) is 106 cm³/mol. The summed E-state index contributed by atoms with van der Waals surface area (Å²) in [6.07, 6.45) is 0. The second-order valence-corrected chi connectivity index (χ2v) is 6.98. The van der Waals surface area contributed by atoms with Crippen molar-refractivity contribution in [2.75, 3.05) is 31.5 Å². The van der Waals surface area contributed by atoms with Crippen molar-refractivity contribution < 1.29 is 4.79 Å². The maximum Gasteiger partial charge on any atom is 0.321 e. The Kier molecular flexibility index (Phi) is 5.50. The molecule has 1 saturated heterocycles. The van der Waals surface area contributed by atoms with Gasteiger partial charge in [-0.05, 0) is 40.8 Å². The molecular weight excluding hydrogens is 378 g/mol. The second-order valence-electron chi connectivity index (χ2n) is 6.55. The molecule has 0 aliphatic carbocycles. The maximum atomic E-state index is 12.5. The van der Waals surface area contributed by atoms with Gasteiger partial charge in [0, 0.05) is 36.9 Å². The molecule has 1 aromatic heterocycles. The van der Waals surface area contributed by atoms with Crippen LogP contribution in [0.25, 0.3) is 5.69 Å². The molecule has 2 aromatic carbocycles. The number of amides is 2. The number of urea groups is 1. The quantitative estimate of drug-likeness (QED) is 0.732. The second kappa shape index (κ2) is 8.37. The zero-order valence-corrected chi connectivity index (χ0v) is 16.0. The monoisotopic (exact) mass is 397 g/mol. The van der Waals surface area contributed by atoms with E-state index in [4.69, 9.17) is 11.6 Å². The summed E-state index contributed by atoms with van der Waals surface area (Å²) in [6, 6.07) is 16.8. The fourth-order valence-corrected chi connectivity index (χ4v) is 3.34. The first-order valence-electron chi connectivity index (χ1n) is 9.05. The van der Waals surface area contributed by atoms with Gasteiger partial charge >= 0.3 is 6.03 Å². The molecule has 4 rings (SSSR count). The normalized spacial score (nSPS) is 14.8. The van der Waals surface area contributed by atoms with Gasteiger partial charge in [-0.1, -0.05) is 35.9 Å². The summed E-state index contributed by atoms with van der Waals surface area (Å²) in [7, 11) is 0. The van der Waals surface area contributed by atoms with Gasteiger partial charge in [-0.2, -0.15) is 4.68 Å². The minimum atomic E-state index is -0.115. The van der Waals surface area contributed by atoms with Crippen LogP contribution in [0.15, 0.2) is 54.6 Å². The van der Waals surface area contributed by atoms with Crippen molar-refractivity contribution in [3.05, 3.63) is 65.4 Å². The van der Waals surface area contributed by atoms with Gasteiger partial charge in [0.05, 0.1) is 12.2 Å². The topological polar surface area (TPSA) is 79.2 Å². The molecule has 28 heavy (non-hydrogen) atoms. The Morgan fingerprint density at radius 3 is 2.57 bits per heavy atom. The number of piperazine rings is 1. The van der Waals surface area contributed by atoms with Crippen LogP contribution in [0.4, 0.5) is 10.5 Å². The summed E-state index contributed by atoms with van der Waals surface area (Å²) in [6.45, 7) is 3.42. The van der Waals surface area contributed by atoms with Crippen LogP contribution in [0, 0.1) is 0 Å². The zero-order chi connectivity index (χ0) is 19.3.